The van der Waals surface area contributed by atoms with E-state index in [1.54, 1.807) is 0 Å². The molecule has 0 spiro atoms. The average Bonchev–Trinajstić information content (AvgIpc) is 3.10. The molecule has 1 saturated carbocycles. The SMILES string of the molecule is NC1(c2noc(-c3ccc(OCc4ccccc4)cc3)n2)CCC1. The van der Waals surface area contributed by atoms with Gasteiger partial charge in [-0.1, -0.05) is 35.5 Å². The third-order valence-electron chi connectivity index (χ3n) is 4.47. The van der Waals surface area contributed by atoms with E-state index in [0.717, 1.165) is 36.1 Å². The summed E-state index contributed by atoms with van der Waals surface area (Å²) in [6, 6.07) is 17.7. The Morgan fingerprint density at radius 2 is 1.79 bits per heavy atom. The second-order valence-corrected chi connectivity index (χ2v) is 6.23. The van der Waals surface area contributed by atoms with Crippen LogP contribution < -0.4 is 10.5 Å². The van der Waals surface area contributed by atoms with E-state index in [0.29, 0.717) is 18.3 Å². The van der Waals surface area contributed by atoms with E-state index < -0.39 is 5.54 Å². The fourth-order valence-corrected chi connectivity index (χ4v) is 2.76. The molecule has 0 bridgehead atoms. The third kappa shape index (κ3) is 2.90. The molecule has 0 unspecified atom stereocenters. The highest BCUT2D eigenvalue weighted by Crippen LogP contribution is 2.37. The zero-order chi connectivity index (χ0) is 16.4. The Bertz CT molecular complexity index is 808. The molecule has 24 heavy (non-hydrogen) atoms. The molecule has 1 heterocycles. The predicted octanol–water partition coefficient (Wildman–Crippen LogP) is 3.65. The Morgan fingerprint density at radius 1 is 1.04 bits per heavy atom. The molecular weight excluding hydrogens is 302 g/mol. The lowest BCUT2D eigenvalue weighted by atomic mass is 9.77. The maximum atomic E-state index is 6.23. The first kappa shape index (κ1) is 14.9. The molecule has 3 aromatic rings. The van der Waals surface area contributed by atoms with Crippen molar-refractivity contribution in [1.82, 2.24) is 10.1 Å². The zero-order valence-corrected chi connectivity index (χ0v) is 13.3. The Morgan fingerprint density at radius 3 is 2.46 bits per heavy atom. The van der Waals surface area contributed by atoms with Gasteiger partial charge in [0.05, 0.1) is 5.54 Å². The molecule has 1 aliphatic rings. The Hall–Kier alpha value is -2.66. The van der Waals surface area contributed by atoms with Crippen LogP contribution in [0.3, 0.4) is 0 Å². The molecule has 5 heteroatoms. The van der Waals surface area contributed by atoms with E-state index >= 15 is 0 Å². The van der Waals surface area contributed by atoms with E-state index in [1.807, 2.05) is 54.6 Å². The summed E-state index contributed by atoms with van der Waals surface area (Å²) in [5.74, 6) is 1.90. The van der Waals surface area contributed by atoms with Crippen molar-refractivity contribution in [3.63, 3.8) is 0 Å². The Balaban J connectivity index is 1.44. The van der Waals surface area contributed by atoms with Crippen molar-refractivity contribution >= 4 is 0 Å². The molecule has 2 N–H and O–H groups in total. The van der Waals surface area contributed by atoms with Crippen molar-refractivity contribution < 1.29 is 9.26 Å². The maximum Gasteiger partial charge on any atom is 0.257 e. The monoisotopic (exact) mass is 321 g/mol. The van der Waals surface area contributed by atoms with E-state index in [-0.39, 0.29) is 0 Å². The minimum atomic E-state index is -0.402. The van der Waals surface area contributed by atoms with Crippen LogP contribution >= 0.6 is 0 Å². The van der Waals surface area contributed by atoms with Gasteiger partial charge in [0.15, 0.2) is 5.82 Å². The third-order valence-corrected chi connectivity index (χ3v) is 4.47. The molecule has 0 saturated heterocycles. The van der Waals surface area contributed by atoms with Crippen LogP contribution in [-0.4, -0.2) is 10.1 Å². The summed E-state index contributed by atoms with van der Waals surface area (Å²) in [6.45, 7) is 0.542. The standard InChI is InChI=1S/C19H19N3O2/c20-19(11-4-12-19)18-21-17(24-22-18)15-7-9-16(10-8-15)23-13-14-5-2-1-3-6-14/h1-3,5-10H,4,11-13,20H2. The van der Waals surface area contributed by atoms with Crippen LogP contribution in [0.5, 0.6) is 5.75 Å². The van der Waals surface area contributed by atoms with Gasteiger partial charge in [-0.05, 0) is 49.1 Å². The number of aromatic nitrogens is 2. The van der Waals surface area contributed by atoms with Crippen LogP contribution in [0.25, 0.3) is 11.5 Å². The number of benzene rings is 2. The van der Waals surface area contributed by atoms with E-state index in [2.05, 4.69) is 10.1 Å². The topological polar surface area (TPSA) is 74.2 Å². The molecule has 0 atom stereocenters. The maximum absolute atomic E-state index is 6.23. The summed E-state index contributed by atoms with van der Waals surface area (Å²) in [5.41, 5.74) is 7.83. The minimum Gasteiger partial charge on any atom is -0.489 e. The smallest absolute Gasteiger partial charge is 0.257 e. The highest BCUT2D eigenvalue weighted by atomic mass is 16.5. The van der Waals surface area contributed by atoms with Crippen molar-refractivity contribution in [2.24, 2.45) is 5.73 Å². The minimum absolute atomic E-state index is 0.402. The van der Waals surface area contributed by atoms with Crippen molar-refractivity contribution in [2.45, 2.75) is 31.4 Å². The number of ether oxygens (including phenoxy) is 1. The van der Waals surface area contributed by atoms with Gasteiger partial charge in [-0.3, -0.25) is 0 Å². The molecular formula is C19H19N3O2. The van der Waals surface area contributed by atoms with Gasteiger partial charge < -0.3 is 15.0 Å². The van der Waals surface area contributed by atoms with Crippen LogP contribution in [-0.2, 0) is 12.1 Å². The van der Waals surface area contributed by atoms with E-state index in [9.17, 15) is 0 Å². The lowest BCUT2D eigenvalue weighted by Crippen LogP contribution is -2.44. The molecule has 2 aromatic carbocycles. The molecule has 1 fully saturated rings. The van der Waals surface area contributed by atoms with Gasteiger partial charge in [0.1, 0.15) is 12.4 Å². The van der Waals surface area contributed by atoms with Gasteiger partial charge in [-0.15, -0.1) is 0 Å². The van der Waals surface area contributed by atoms with Crippen molar-refractivity contribution in [3.8, 4) is 17.2 Å². The molecule has 1 aromatic heterocycles. The molecule has 0 amide bonds. The molecule has 0 aliphatic heterocycles. The van der Waals surface area contributed by atoms with Gasteiger partial charge in [0.2, 0.25) is 0 Å². The number of nitrogens with zero attached hydrogens (tertiary/aromatic N) is 2. The summed E-state index contributed by atoms with van der Waals surface area (Å²) < 4.78 is 11.1. The van der Waals surface area contributed by atoms with Gasteiger partial charge in [0.25, 0.3) is 5.89 Å². The van der Waals surface area contributed by atoms with E-state index in [1.165, 1.54) is 0 Å². The summed E-state index contributed by atoms with van der Waals surface area (Å²) in [6.07, 6.45) is 2.95. The van der Waals surface area contributed by atoms with Crippen molar-refractivity contribution in [1.29, 1.82) is 0 Å². The first-order valence-electron chi connectivity index (χ1n) is 8.13. The Labute approximate surface area is 140 Å². The predicted molar refractivity (Wildman–Crippen MR) is 90.2 cm³/mol. The highest BCUT2D eigenvalue weighted by molar-refractivity contribution is 5.54. The first-order valence-corrected chi connectivity index (χ1v) is 8.13. The van der Waals surface area contributed by atoms with Crippen LogP contribution in [0.4, 0.5) is 0 Å². The lowest BCUT2D eigenvalue weighted by Gasteiger charge is -2.34. The summed E-state index contributed by atoms with van der Waals surface area (Å²) in [5, 5.41) is 4.04. The van der Waals surface area contributed by atoms with Crippen molar-refractivity contribution in [2.75, 3.05) is 0 Å². The second kappa shape index (κ2) is 6.09. The lowest BCUT2D eigenvalue weighted by molar-refractivity contribution is 0.229. The normalized spacial score (nSPS) is 15.7. The summed E-state index contributed by atoms with van der Waals surface area (Å²) in [4.78, 5) is 4.45. The highest BCUT2D eigenvalue weighted by Gasteiger charge is 2.39. The number of hydrogen-bond acceptors (Lipinski definition) is 5. The molecule has 122 valence electrons. The number of nitrogens with two attached hydrogens (primary N) is 1. The first-order chi connectivity index (χ1) is 11.7. The van der Waals surface area contributed by atoms with Crippen LogP contribution in [0, 0.1) is 0 Å². The largest absolute Gasteiger partial charge is 0.489 e. The number of hydrogen-bond donors (Lipinski definition) is 1. The van der Waals surface area contributed by atoms with E-state index in [4.69, 9.17) is 15.0 Å². The number of rotatable bonds is 5. The fraction of sp³-hybridized carbons (Fsp3) is 0.263. The van der Waals surface area contributed by atoms with Crippen LogP contribution in [0.1, 0.15) is 30.7 Å². The van der Waals surface area contributed by atoms with Crippen LogP contribution in [0.2, 0.25) is 0 Å². The van der Waals surface area contributed by atoms with Gasteiger partial charge >= 0.3 is 0 Å². The second-order valence-electron chi connectivity index (χ2n) is 6.23. The molecule has 5 nitrogen and oxygen atoms in total. The summed E-state index contributed by atoms with van der Waals surface area (Å²) in [7, 11) is 0. The molecule has 0 radical (unpaired) electrons. The molecule has 1 aliphatic carbocycles. The average molecular weight is 321 g/mol. The molecule has 4 rings (SSSR count). The summed E-state index contributed by atoms with van der Waals surface area (Å²) >= 11 is 0. The van der Waals surface area contributed by atoms with Crippen molar-refractivity contribution in [3.05, 3.63) is 66.0 Å². The Kier molecular flexibility index (Phi) is 3.78. The van der Waals surface area contributed by atoms with Crippen LogP contribution in [0.15, 0.2) is 59.1 Å². The fourth-order valence-electron chi connectivity index (χ4n) is 2.76. The van der Waals surface area contributed by atoms with Gasteiger partial charge in [0, 0.05) is 5.56 Å². The zero-order valence-electron chi connectivity index (χ0n) is 13.3. The van der Waals surface area contributed by atoms with Gasteiger partial charge in [-0.25, -0.2) is 0 Å². The van der Waals surface area contributed by atoms with Gasteiger partial charge in [-0.2, -0.15) is 4.98 Å². The quantitative estimate of drug-likeness (QED) is 0.776.